The molecule has 0 bridgehead atoms. The summed E-state index contributed by atoms with van der Waals surface area (Å²) in [6, 6.07) is 2.32. The third kappa shape index (κ3) is 2.65. The highest BCUT2D eigenvalue weighted by Crippen LogP contribution is 2.39. The molecule has 0 radical (unpaired) electrons. The summed E-state index contributed by atoms with van der Waals surface area (Å²) in [5.74, 6) is 1.64. The van der Waals surface area contributed by atoms with Crippen molar-refractivity contribution >= 4 is 39.9 Å². The number of aromatic nitrogens is 2. The van der Waals surface area contributed by atoms with Gasteiger partial charge in [0.25, 0.3) is 5.91 Å². The summed E-state index contributed by atoms with van der Waals surface area (Å²) < 4.78 is 1.90. The number of carbonyl (C=O) groups excluding carboxylic acids is 1. The van der Waals surface area contributed by atoms with Crippen LogP contribution in [0.3, 0.4) is 0 Å². The molecular formula is C17H25ClN4OS. The first kappa shape index (κ1) is 17.7. The second-order valence-corrected chi connectivity index (χ2v) is 8.40. The maximum atomic E-state index is 12.9. The van der Waals surface area contributed by atoms with Crippen LogP contribution in [0.15, 0.2) is 6.07 Å². The van der Waals surface area contributed by atoms with Gasteiger partial charge in [-0.05, 0) is 36.7 Å². The number of likely N-dealkylation sites (tertiary alicyclic amines) is 1. The predicted octanol–water partition coefficient (Wildman–Crippen LogP) is 2.99. The molecule has 1 aliphatic carbocycles. The van der Waals surface area contributed by atoms with Crippen LogP contribution in [0.25, 0.3) is 10.2 Å². The van der Waals surface area contributed by atoms with Crippen molar-refractivity contribution in [3.63, 3.8) is 0 Å². The molecule has 1 saturated heterocycles. The molecule has 24 heavy (non-hydrogen) atoms. The van der Waals surface area contributed by atoms with Crippen molar-refractivity contribution in [1.29, 1.82) is 0 Å². The van der Waals surface area contributed by atoms with E-state index in [1.165, 1.54) is 6.42 Å². The third-order valence-electron chi connectivity index (χ3n) is 5.50. The zero-order chi connectivity index (χ0) is 16.3. The zero-order valence-electron chi connectivity index (χ0n) is 14.4. The van der Waals surface area contributed by atoms with Gasteiger partial charge < -0.3 is 10.6 Å². The van der Waals surface area contributed by atoms with E-state index in [-0.39, 0.29) is 24.4 Å². The van der Waals surface area contributed by atoms with Crippen LogP contribution in [-0.2, 0) is 7.05 Å². The Kier molecular flexibility index (Phi) is 4.66. The standard InChI is InChI=1S/C17H24N4OS.ClH/c1-9(2)15-11-6-14(23-17(11)20(3)19-15)16(22)21-7-10-4-5-13(18)12(10)8-21;/h6,9-10,12-13H,4-5,7-8,18H2,1-3H3;1H. The molecule has 1 amide bonds. The minimum atomic E-state index is 0. The average molecular weight is 369 g/mol. The Labute approximate surface area is 152 Å². The van der Waals surface area contributed by atoms with E-state index in [1.807, 2.05) is 22.7 Å². The number of nitrogens with two attached hydrogens (primary N) is 1. The Balaban J connectivity index is 0.00000169. The molecule has 5 nitrogen and oxygen atoms in total. The largest absolute Gasteiger partial charge is 0.337 e. The molecular weight excluding hydrogens is 344 g/mol. The third-order valence-corrected chi connectivity index (χ3v) is 6.69. The first-order valence-electron chi connectivity index (χ1n) is 8.47. The van der Waals surface area contributed by atoms with Crippen LogP contribution < -0.4 is 5.73 Å². The van der Waals surface area contributed by atoms with Crippen molar-refractivity contribution in [2.24, 2.45) is 24.6 Å². The molecule has 2 fully saturated rings. The van der Waals surface area contributed by atoms with Gasteiger partial charge in [-0.3, -0.25) is 9.48 Å². The van der Waals surface area contributed by atoms with Crippen molar-refractivity contribution in [1.82, 2.24) is 14.7 Å². The Bertz CT molecular complexity index is 768. The van der Waals surface area contributed by atoms with E-state index in [1.54, 1.807) is 11.3 Å². The van der Waals surface area contributed by atoms with Crippen LogP contribution in [0.1, 0.15) is 48.0 Å². The minimum Gasteiger partial charge on any atom is -0.337 e. The van der Waals surface area contributed by atoms with Crippen LogP contribution in [-0.4, -0.2) is 39.7 Å². The summed E-state index contributed by atoms with van der Waals surface area (Å²) in [7, 11) is 1.96. The maximum Gasteiger partial charge on any atom is 0.264 e. The molecule has 132 valence electrons. The SMILES string of the molecule is CC(C)c1nn(C)c2sc(C(=O)N3CC4CCC(N)C4C3)cc12.Cl. The van der Waals surface area contributed by atoms with Gasteiger partial charge in [-0.2, -0.15) is 5.10 Å². The fourth-order valence-corrected chi connectivity index (χ4v) is 5.28. The van der Waals surface area contributed by atoms with Crippen LogP contribution in [0.5, 0.6) is 0 Å². The van der Waals surface area contributed by atoms with Crippen LogP contribution in [0.4, 0.5) is 0 Å². The molecule has 2 aromatic heterocycles. The fourth-order valence-electron chi connectivity index (χ4n) is 4.23. The topological polar surface area (TPSA) is 64.2 Å². The Morgan fingerprint density at radius 3 is 2.79 bits per heavy atom. The molecule has 2 N–H and O–H groups in total. The van der Waals surface area contributed by atoms with E-state index in [9.17, 15) is 4.79 Å². The van der Waals surface area contributed by atoms with Crippen molar-refractivity contribution < 1.29 is 4.79 Å². The lowest BCUT2D eigenvalue weighted by Gasteiger charge is -2.17. The van der Waals surface area contributed by atoms with E-state index < -0.39 is 0 Å². The van der Waals surface area contributed by atoms with Crippen LogP contribution >= 0.6 is 23.7 Å². The van der Waals surface area contributed by atoms with Crippen molar-refractivity contribution in [3.8, 4) is 0 Å². The van der Waals surface area contributed by atoms with E-state index in [0.717, 1.165) is 40.3 Å². The number of hydrogen-bond donors (Lipinski definition) is 1. The summed E-state index contributed by atoms with van der Waals surface area (Å²) in [5, 5.41) is 5.72. The molecule has 0 aromatic carbocycles. The predicted molar refractivity (Wildman–Crippen MR) is 100 cm³/mol. The molecule has 1 aliphatic heterocycles. The number of thiophene rings is 1. The molecule has 2 aliphatic rings. The van der Waals surface area contributed by atoms with Gasteiger partial charge in [0.15, 0.2) is 0 Å². The van der Waals surface area contributed by atoms with E-state index in [4.69, 9.17) is 5.73 Å². The van der Waals surface area contributed by atoms with Crippen LogP contribution in [0, 0.1) is 11.8 Å². The van der Waals surface area contributed by atoms with Gasteiger partial charge >= 0.3 is 0 Å². The van der Waals surface area contributed by atoms with Gasteiger partial charge in [0.1, 0.15) is 4.83 Å². The molecule has 0 spiro atoms. The first-order chi connectivity index (χ1) is 11.0. The summed E-state index contributed by atoms with van der Waals surface area (Å²) >= 11 is 1.56. The summed E-state index contributed by atoms with van der Waals surface area (Å²) in [6.07, 6.45) is 2.28. The van der Waals surface area contributed by atoms with Crippen LogP contribution in [0.2, 0.25) is 0 Å². The van der Waals surface area contributed by atoms with Gasteiger partial charge in [-0.25, -0.2) is 0 Å². The quantitative estimate of drug-likeness (QED) is 0.886. The highest BCUT2D eigenvalue weighted by Gasteiger charge is 2.42. The number of aryl methyl sites for hydroxylation is 1. The Morgan fingerprint density at radius 2 is 2.12 bits per heavy atom. The van der Waals surface area contributed by atoms with Crippen molar-refractivity contribution in [2.75, 3.05) is 13.1 Å². The summed E-state index contributed by atoms with van der Waals surface area (Å²) in [4.78, 5) is 16.9. The van der Waals surface area contributed by atoms with Crippen molar-refractivity contribution in [2.45, 2.75) is 38.6 Å². The molecule has 1 saturated carbocycles. The lowest BCUT2D eigenvalue weighted by atomic mass is 9.98. The highest BCUT2D eigenvalue weighted by molar-refractivity contribution is 7.20. The van der Waals surface area contributed by atoms with E-state index in [2.05, 4.69) is 18.9 Å². The number of nitrogens with zero attached hydrogens (tertiary/aromatic N) is 3. The molecule has 4 rings (SSSR count). The number of halogens is 1. The molecule has 3 unspecified atom stereocenters. The number of carbonyl (C=O) groups is 1. The van der Waals surface area contributed by atoms with Gasteiger partial charge in [-0.15, -0.1) is 23.7 Å². The second kappa shape index (κ2) is 6.32. The Morgan fingerprint density at radius 1 is 1.38 bits per heavy atom. The first-order valence-corrected chi connectivity index (χ1v) is 9.28. The zero-order valence-corrected chi connectivity index (χ0v) is 16.0. The summed E-state index contributed by atoms with van der Waals surface area (Å²) in [6.45, 7) is 5.99. The Hall–Kier alpha value is -1.11. The number of amides is 1. The van der Waals surface area contributed by atoms with Gasteiger partial charge in [-0.1, -0.05) is 13.8 Å². The second-order valence-electron chi connectivity index (χ2n) is 7.37. The monoisotopic (exact) mass is 368 g/mol. The van der Waals surface area contributed by atoms with Crippen molar-refractivity contribution in [3.05, 3.63) is 16.6 Å². The molecule has 3 atom stereocenters. The normalized spacial score (nSPS) is 26.2. The lowest BCUT2D eigenvalue weighted by molar-refractivity contribution is 0.0784. The molecule has 7 heteroatoms. The average Bonchev–Trinajstić information content (AvgIpc) is 3.22. The smallest absolute Gasteiger partial charge is 0.264 e. The molecule has 2 aromatic rings. The van der Waals surface area contributed by atoms with Gasteiger partial charge in [0.2, 0.25) is 0 Å². The van der Waals surface area contributed by atoms with Gasteiger partial charge in [0, 0.05) is 31.6 Å². The number of rotatable bonds is 2. The fraction of sp³-hybridized carbons (Fsp3) is 0.647. The summed E-state index contributed by atoms with van der Waals surface area (Å²) in [5.41, 5.74) is 7.27. The van der Waals surface area contributed by atoms with Gasteiger partial charge in [0.05, 0.1) is 10.6 Å². The van der Waals surface area contributed by atoms with E-state index in [0.29, 0.717) is 17.8 Å². The van der Waals surface area contributed by atoms with E-state index >= 15 is 0 Å². The maximum absolute atomic E-state index is 12.9. The number of hydrogen-bond acceptors (Lipinski definition) is 4. The minimum absolute atomic E-state index is 0. The number of fused-ring (bicyclic) bond motifs is 2. The lowest BCUT2D eigenvalue weighted by Crippen LogP contribution is -2.33. The highest BCUT2D eigenvalue weighted by atomic mass is 35.5. The molecule has 3 heterocycles.